The molecular weight excluding hydrogens is 470 g/mol. The number of amides is 2. The molecule has 2 fully saturated rings. The minimum atomic E-state index is 0.0250. The van der Waals surface area contributed by atoms with Gasteiger partial charge in [0.1, 0.15) is 0 Å². The SMILES string of the molecule is O=C(CC1Cc2ccccc2C1)N1CCC2(CC1)CCN(C(=O)c1cncc(C#Cc3ccccc3)c1)C2. The van der Waals surface area contributed by atoms with Crippen molar-refractivity contribution >= 4 is 11.8 Å². The van der Waals surface area contributed by atoms with E-state index in [2.05, 4.69) is 46.0 Å². The summed E-state index contributed by atoms with van der Waals surface area (Å²) in [4.78, 5) is 34.7. The number of benzene rings is 2. The molecule has 0 unspecified atom stereocenters. The highest BCUT2D eigenvalue weighted by atomic mass is 16.2. The molecule has 2 aromatic carbocycles. The van der Waals surface area contributed by atoms with E-state index in [9.17, 15) is 9.59 Å². The highest BCUT2D eigenvalue weighted by Gasteiger charge is 2.43. The van der Waals surface area contributed by atoms with E-state index < -0.39 is 0 Å². The predicted molar refractivity (Wildman–Crippen MR) is 147 cm³/mol. The van der Waals surface area contributed by atoms with Crippen LogP contribution in [-0.2, 0) is 17.6 Å². The molecule has 1 aliphatic carbocycles. The lowest BCUT2D eigenvalue weighted by atomic mass is 9.77. The van der Waals surface area contributed by atoms with Gasteiger partial charge in [-0.3, -0.25) is 14.6 Å². The summed E-state index contributed by atoms with van der Waals surface area (Å²) in [6.45, 7) is 3.11. The molecule has 3 aliphatic rings. The Morgan fingerprint density at radius 1 is 0.816 bits per heavy atom. The maximum absolute atomic E-state index is 13.3. The van der Waals surface area contributed by atoms with Crippen LogP contribution in [0.3, 0.4) is 0 Å². The molecule has 38 heavy (non-hydrogen) atoms. The van der Waals surface area contributed by atoms with Gasteiger partial charge in [-0.25, -0.2) is 0 Å². The van der Waals surface area contributed by atoms with Crippen LogP contribution >= 0.6 is 0 Å². The smallest absolute Gasteiger partial charge is 0.255 e. The van der Waals surface area contributed by atoms with Crippen molar-refractivity contribution in [1.29, 1.82) is 0 Å². The minimum absolute atomic E-state index is 0.0250. The Hall–Kier alpha value is -3.91. The van der Waals surface area contributed by atoms with Gasteiger partial charge in [0, 0.05) is 56.1 Å². The molecule has 2 aliphatic heterocycles. The molecule has 3 heterocycles. The van der Waals surface area contributed by atoms with E-state index in [1.165, 1.54) is 11.1 Å². The molecule has 1 aromatic heterocycles. The molecule has 3 aromatic rings. The number of hydrogen-bond donors (Lipinski definition) is 0. The molecule has 0 atom stereocenters. The molecular formula is C33H33N3O2. The molecule has 6 rings (SSSR count). The van der Waals surface area contributed by atoms with E-state index in [1.54, 1.807) is 12.4 Å². The quantitative estimate of drug-likeness (QED) is 0.485. The summed E-state index contributed by atoms with van der Waals surface area (Å²) >= 11 is 0. The average Bonchev–Trinajstić information content (AvgIpc) is 3.56. The van der Waals surface area contributed by atoms with Crippen LogP contribution in [0.4, 0.5) is 0 Å². The second kappa shape index (κ2) is 10.5. The van der Waals surface area contributed by atoms with Crippen molar-refractivity contribution in [1.82, 2.24) is 14.8 Å². The lowest BCUT2D eigenvalue weighted by Gasteiger charge is -2.39. The van der Waals surface area contributed by atoms with Crippen molar-refractivity contribution in [3.8, 4) is 11.8 Å². The van der Waals surface area contributed by atoms with Gasteiger partial charge >= 0.3 is 0 Å². The molecule has 0 radical (unpaired) electrons. The number of carbonyl (C=O) groups is 2. The summed E-state index contributed by atoms with van der Waals surface area (Å²) in [5.41, 5.74) is 5.20. The summed E-state index contributed by atoms with van der Waals surface area (Å²) in [6, 6.07) is 20.2. The number of nitrogens with zero attached hydrogens (tertiary/aromatic N) is 3. The summed E-state index contributed by atoms with van der Waals surface area (Å²) < 4.78 is 0. The first kappa shape index (κ1) is 24.4. The van der Waals surface area contributed by atoms with Crippen LogP contribution in [0.15, 0.2) is 73.1 Å². The lowest BCUT2D eigenvalue weighted by Crippen LogP contribution is -2.45. The van der Waals surface area contributed by atoms with Crippen LogP contribution < -0.4 is 0 Å². The number of carbonyl (C=O) groups excluding carboxylic acids is 2. The van der Waals surface area contributed by atoms with Crippen LogP contribution in [-0.4, -0.2) is 52.8 Å². The molecule has 2 saturated heterocycles. The fraction of sp³-hybridized carbons (Fsp3) is 0.364. The number of hydrogen-bond acceptors (Lipinski definition) is 3. The zero-order chi connectivity index (χ0) is 26.0. The minimum Gasteiger partial charge on any atom is -0.343 e. The Morgan fingerprint density at radius 3 is 2.16 bits per heavy atom. The third-order valence-corrected chi connectivity index (χ3v) is 8.61. The Bertz CT molecular complexity index is 1370. The van der Waals surface area contributed by atoms with Crippen molar-refractivity contribution in [2.24, 2.45) is 11.3 Å². The maximum atomic E-state index is 13.3. The number of rotatable bonds is 3. The maximum Gasteiger partial charge on any atom is 0.255 e. The van der Waals surface area contributed by atoms with E-state index in [1.807, 2.05) is 41.3 Å². The van der Waals surface area contributed by atoms with E-state index in [4.69, 9.17) is 0 Å². The molecule has 192 valence electrons. The van der Waals surface area contributed by atoms with Gasteiger partial charge in [-0.15, -0.1) is 0 Å². The normalized spacial score (nSPS) is 18.2. The van der Waals surface area contributed by atoms with Gasteiger partial charge in [0.25, 0.3) is 5.91 Å². The van der Waals surface area contributed by atoms with Gasteiger partial charge in [-0.05, 0) is 72.8 Å². The summed E-state index contributed by atoms with van der Waals surface area (Å²) in [7, 11) is 0. The van der Waals surface area contributed by atoms with Gasteiger partial charge in [-0.2, -0.15) is 0 Å². The van der Waals surface area contributed by atoms with Crippen LogP contribution in [0, 0.1) is 23.2 Å². The van der Waals surface area contributed by atoms with Crippen molar-refractivity contribution in [2.45, 2.75) is 38.5 Å². The van der Waals surface area contributed by atoms with Crippen LogP contribution in [0.1, 0.15) is 58.3 Å². The van der Waals surface area contributed by atoms with Crippen molar-refractivity contribution < 1.29 is 9.59 Å². The van der Waals surface area contributed by atoms with Crippen LogP contribution in [0.5, 0.6) is 0 Å². The highest BCUT2D eigenvalue weighted by Crippen LogP contribution is 2.41. The first-order valence-electron chi connectivity index (χ1n) is 13.7. The Morgan fingerprint density at radius 2 is 1.45 bits per heavy atom. The van der Waals surface area contributed by atoms with Gasteiger partial charge in [0.15, 0.2) is 0 Å². The van der Waals surface area contributed by atoms with E-state index in [0.717, 1.165) is 69.4 Å². The van der Waals surface area contributed by atoms with E-state index >= 15 is 0 Å². The second-order valence-electron chi connectivity index (χ2n) is 11.2. The van der Waals surface area contributed by atoms with E-state index in [-0.39, 0.29) is 11.3 Å². The molecule has 1 spiro atoms. The molecule has 0 N–H and O–H groups in total. The van der Waals surface area contributed by atoms with Crippen LogP contribution in [0.25, 0.3) is 0 Å². The van der Waals surface area contributed by atoms with E-state index in [0.29, 0.717) is 23.8 Å². The topological polar surface area (TPSA) is 53.5 Å². The van der Waals surface area contributed by atoms with Crippen molar-refractivity contribution in [3.05, 3.63) is 101 Å². The monoisotopic (exact) mass is 503 g/mol. The number of aromatic nitrogens is 1. The highest BCUT2D eigenvalue weighted by molar-refractivity contribution is 5.94. The van der Waals surface area contributed by atoms with Crippen molar-refractivity contribution in [2.75, 3.05) is 26.2 Å². The molecule has 5 heteroatoms. The third-order valence-electron chi connectivity index (χ3n) is 8.61. The fourth-order valence-corrected chi connectivity index (χ4v) is 6.39. The Kier molecular flexibility index (Phi) is 6.72. The Labute approximate surface area is 224 Å². The van der Waals surface area contributed by atoms with Gasteiger partial charge in [-0.1, -0.05) is 54.3 Å². The summed E-state index contributed by atoms with van der Waals surface area (Å²) in [5.74, 6) is 7.01. The number of fused-ring (bicyclic) bond motifs is 1. The summed E-state index contributed by atoms with van der Waals surface area (Å²) in [5, 5.41) is 0. The third kappa shape index (κ3) is 5.22. The number of piperidine rings is 1. The average molecular weight is 504 g/mol. The molecule has 5 nitrogen and oxygen atoms in total. The predicted octanol–water partition coefficient (Wildman–Crippen LogP) is 4.74. The number of likely N-dealkylation sites (tertiary alicyclic amines) is 2. The number of pyridine rings is 1. The Balaban J connectivity index is 1.03. The zero-order valence-electron chi connectivity index (χ0n) is 21.7. The summed E-state index contributed by atoms with van der Waals surface area (Å²) in [6.07, 6.45) is 8.96. The molecule has 2 amide bonds. The van der Waals surface area contributed by atoms with Gasteiger partial charge in [0.2, 0.25) is 5.91 Å². The first-order valence-corrected chi connectivity index (χ1v) is 13.7. The largest absolute Gasteiger partial charge is 0.343 e. The van der Waals surface area contributed by atoms with Crippen LogP contribution in [0.2, 0.25) is 0 Å². The van der Waals surface area contributed by atoms with Gasteiger partial charge < -0.3 is 9.80 Å². The first-order chi connectivity index (χ1) is 18.6. The zero-order valence-corrected chi connectivity index (χ0v) is 21.7. The van der Waals surface area contributed by atoms with Gasteiger partial charge in [0.05, 0.1) is 5.56 Å². The van der Waals surface area contributed by atoms with Crippen molar-refractivity contribution in [3.63, 3.8) is 0 Å². The fourth-order valence-electron chi connectivity index (χ4n) is 6.39. The molecule has 0 saturated carbocycles. The second-order valence-corrected chi connectivity index (χ2v) is 11.2. The lowest BCUT2D eigenvalue weighted by molar-refractivity contribution is -0.134. The standard InChI is InChI=1S/C33H33N3O2/c37-31(21-27-19-28-8-4-5-9-29(28)20-27)35-15-12-33(13-16-35)14-17-36(24-33)32(38)30-18-26(22-34-23-30)11-10-25-6-2-1-3-7-25/h1-9,18,22-23,27H,12-17,19-21,24H2. The molecule has 0 bridgehead atoms.